The number of amides is 1. The predicted molar refractivity (Wildman–Crippen MR) is 84.7 cm³/mol. The summed E-state index contributed by atoms with van der Waals surface area (Å²) in [6, 6.07) is 4.81. The molecule has 0 radical (unpaired) electrons. The van der Waals surface area contributed by atoms with Crippen molar-refractivity contribution in [3.8, 4) is 0 Å². The van der Waals surface area contributed by atoms with Crippen molar-refractivity contribution in [3.05, 3.63) is 51.2 Å². The Bertz CT molecular complexity index is 786. The molecule has 8 nitrogen and oxygen atoms in total. The van der Waals surface area contributed by atoms with Gasteiger partial charge in [0.2, 0.25) is 5.89 Å². The molecule has 1 aliphatic heterocycles. The standard InChI is InChI=1S/C16H18N4O4/c1-10-5-3-7-13(14(10)20(22)23)16(21)19-8-4-6-12(9-19)15-17-11(2)18-24-15/h3,5,7,12H,4,6,8-9H2,1-2H3/t12-/m1/s1. The quantitative estimate of drug-likeness (QED) is 0.633. The molecule has 2 heterocycles. The van der Waals surface area contributed by atoms with Crippen LogP contribution in [0.3, 0.4) is 0 Å². The lowest BCUT2D eigenvalue weighted by atomic mass is 9.96. The van der Waals surface area contributed by atoms with Gasteiger partial charge in [-0.15, -0.1) is 0 Å². The molecule has 0 bridgehead atoms. The highest BCUT2D eigenvalue weighted by Crippen LogP contribution is 2.29. The van der Waals surface area contributed by atoms with Crippen molar-refractivity contribution < 1.29 is 14.2 Å². The lowest BCUT2D eigenvalue weighted by Gasteiger charge is -2.31. The number of aryl methyl sites for hydroxylation is 2. The zero-order chi connectivity index (χ0) is 17.3. The first-order valence-corrected chi connectivity index (χ1v) is 7.81. The summed E-state index contributed by atoms with van der Waals surface area (Å²) in [6.07, 6.45) is 1.64. The molecule has 8 heteroatoms. The van der Waals surface area contributed by atoms with Gasteiger partial charge in [-0.05, 0) is 32.8 Å². The van der Waals surface area contributed by atoms with E-state index in [-0.39, 0.29) is 23.1 Å². The van der Waals surface area contributed by atoms with Gasteiger partial charge in [0.15, 0.2) is 5.82 Å². The molecule has 2 aromatic rings. The maximum Gasteiger partial charge on any atom is 0.285 e. The number of carbonyl (C=O) groups excluding carboxylic acids is 1. The normalized spacial score (nSPS) is 17.8. The van der Waals surface area contributed by atoms with Gasteiger partial charge in [0.25, 0.3) is 11.6 Å². The van der Waals surface area contributed by atoms with Crippen LogP contribution in [0.15, 0.2) is 22.7 Å². The molecule has 0 N–H and O–H groups in total. The number of benzene rings is 1. The molecular formula is C16H18N4O4. The van der Waals surface area contributed by atoms with Crippen molar-refractivity contribution in [1.29, 1.82) is 0 Å². The van der Waals surface area contributed by atoms with E-state index in [0.717, 1.165) is 12.8 Å². The van der Waals surface area contributed by atoms with E-state index in [4.69, 9.17) is 4.52 Å². The van der Waals surface area contributed by atoms with E-state index in [1.165, 1.54) is 6.07 Å². The minimum absolute atomic E-state index is 0.0345. The average molecular weight is 330 g/mol. The number of hydrogen-bond acceptors (Lipinski definition) is 6. The van der Waals surface area contributed by atoms with Crippen molar-refractivity contribution in [3.63, 3.8) is 0 Å². The smallest absolute Gasteiger partial charge is 0.285 e. The second-order valence-electron chi connectivity index (χ2n) is 6.00. The van der Waals surface area contributed by atoms with Gasteiger partial charge in [-0.1, -0.05) is 17.3 Å². The van der Waals surface area contributed by atoms with E-state index in [0.29, 0.717) is 30.4 Å². The Kier molecular flexibility index (Phi) is 4.28. The van der Waals surface area contributed by atoms with E-state index in [1.54, 1.807) is 30.9 Å². The fourth-order valence-corrected chi connectivity index (χ4v) is 3.09. The summed E-state index contributed by atoms with van der Waals surface area (Å²) in [6.45, 7) is 4.36. The first kappa shape index (κ1) is 16.1. The van der Waals surface area contributed by atoms with Crippen LogP contribution in [-0.2, 0) is 0 Å². The van der Waals surface area contributed by atoms with Gasteiger partial charge >= 0.3 is 0 Å². The Balaban J connectivity index is 1.85. The van der Waals surface area contributed by atoms with Crippen LogP contribution in [0.1, 0.15) is 46.4 Å². The molecule has 1 amide bonds. The molecule has 126 valence electrons. The highest BCUT2D eigenvalue weighted by atomic mass is 16.6. The number of nitrogens with zero attached hydrogens (tertiary/aromatic N) is 4. The van der Waals surface area contributed by atoms with Crippen LogP contribution in [-0.4, -0.2) is 39.0 Å². The van der Waals surface area contributed by atoms with Crippen LogP contribution in [0, 0.1) is 24.0 Å². The van der Waals surface area contributed by atoms with Crippen LogP contribution in [0.2, 0.25) is 0 Å². The zero-order valence-electron chi connectivity index (χ0n) is 13.6. The fraction of sp³-hybridized carbons (Fsp3) is 0.438. The van der Waals surface area contributed by atoms with Gasteiger partial charge in [-0.2, -0.15) is 4.98 Å². The van der Waals surface area contributed by atoms with Gasteiger partial charge in [-0.25, -0.2) is 0 Å². The maximum atomic E-state index is 12.8. The highest BCUT2D eigenvalue weighted by molar-refractivity contribution is 5.98. The lowest BCUT2D eigenvalue weighted by molar-refractivity contribution is -0.385. The molecule has 1 fully saturated rings. The van der Waals surface area contributed by atoms with Crippen molar-refractivity contribution in [1.82, 2.24) is 15.0 Å². The molecule has 0 saturated carbocycles. The number of para-hydroxylation sites is 1. The van der Waals surface area contributed by atoms with E-state index in [9.17, 15) is 14.9 Å². The molecule has 1 aromatic carbocycles. The zero-order valence-corrected chi connectivity index (χ0v) is 13.6. The summed E-state index contributed by atoms with van der Waals surface area (Å²) in [7, 11) is 0. The number of piperidine rings is 1. The predicted octanol–water partition coefficient (Wildman–Crippen LogP) is 2.61. The largest absolute Gasteiger partial charge is 0.339 e. The third kappa shape index (κ3) is 2.99. The van der Waals surface area contributed by atoms with Crippen LogP contribution in [0.4, 0.5) is 5.69 Å². The van der Waals surface area contributed by atoms with Crippen LogP contribution in [0.5, 0.6) is 0 Å². The number of carbonyl (C=O) groups is 1. The lowest BCUT2D eigenvalue weighted by Crippen LogP contribution is -2.39. The molecule has 3 rings (SSSR count). The number of nitro benzene ring substituents is 1. The topological polar surface area (TPSA) is 102 Å². The Morgan fingerprint density at radius 3 is 2.88 bits per heavy atom. The number of hydrogen-bond donors (Lipinski definition) is 0. The highest BCUT2D eigenvalue weighted by Gasteiger charge is 2.32. The molecule has 0 unspecified atom stereocenters. The molecule has 1 atom stereocenters. The summed E-state index contributed by atoms with van der Waals surface area (Å²) in [5.41, 5.74) is 0.479. The number of likely N-dealkylation sites (tertiary alicyclic amines) is 1. The van der Waals surface area contributed by atoms with Gasteiger partial charge < -0.3 is 9.42 Å². The SMILES string of the molecule is Cc1noc([C@@H]2CCCN(C(=O)c3cccc(C)c3[N+](=O)[O-])C2)n1. The van der Waals surface area contributed by atoms with Gasteiger partial charge in [0.05, 0.1) is 10.8 Å². The van der Waals surface area contributed by atoms with E-state index in [2.05, 4.69) is 10.1 Å². The van der Waals surface area contributed by atoms with Crippen LogP contribution >= 0.6 is 0 Å². The second-order valence-corrected chi connectivity index (χ2v) is 6.00. The summed E-state index contributed by atoms with van der Waals surface area (Å²) >= 11 is 0. The number of aromatic nitrogens is 2. The molecule has 0 spiro atoms. The van der Waals surface area contributed by atoms with Gasteiger partial charge in [-0.3, -0.25) is 14.9 Å². The van der Waals surface area contributed by atoms with Crippen LogP contribution < -0.4 is 0 Å². The van der Waals surface area contributed by atoms with Crippen molar-refractivity contribution in [2.75, 3.05) is 13.1 Å². The average Bonchev–Trinajstić information content (AvgIpc) is 3.00. The minimum Gasteiger partial charge on any atom is -0.339 e. The Morgan fingerprint density at radius 2 is 2.21 bits per heavy atom. The number of nitro groups is 1. The molecule has 1 saturated heterocycles. The summed E-state index contributed by atoms with van der Waals surface area (Å²) in [4.78, 5) is 29.5. The van der Waals surface area contributed by atoms with Crippen molar-refractivity contribution in [2.45, 2.75) is 32.6 Å². The summed E-state index contributed by atoms with van der Waals surface area (Å²) in [5.74, 6) is 0.714. The van der Waals surface area contributed by atoms with Crippen molar-refractivity contribution in [2.24, 2.45) is 0 Å². The van der Waals surface area contributed by atoms with Gasteiger partial charge in [0.1, 0.15) is 5.56 Å². The molecule has 1 aromatic heterocycles. The third-order valence-corrected chi connectivity index (χ3v) is 4.25. The molecule has 24 heavy (non-hydrogen) atoms. The molecule has 0 aliphatic carbocycles. The third-order valence-electron chi connectivity index (χ3n) is 4.25. The maximum absolute atomic E-state index is 12.8. The van der Waals surface area contributed by atoms with Crippen molar-refractivity contribution >= 4 is 11.6 Å². The Morgan fingerprint density at radius 1 is 1.42 bits per heavy atom. The first-order valence-electron chi connectivity index (χ1n) is 7.81. The minimum atomic E-state index is -0.495. The van der Waals surface area contributed by atoms with Gasteiger partial charge in [0, 0.05) is 18.7 Å². The first-order chi connectivity index (χ1) is 11.5. The Labute approximate surface area is 138 Å². The molecule has 1 aliphatic rings. The molecular weight excluding hydrogens is 312 g/mol. The van der Waals surface area contributed by atoms with E-state index >= 15 is 0 Å². The summed E-state index contributed by atoms with van der Waals surface area (Å²) in [5, 5.41) is 15.1. The second kappa shape index (κ2) is 6.38. The van der Waals surface area contributed by atoms with E-state index < -0.39 is 4.92 Å². The monoisotopic (exact) mass is 330 g/mol. The summed E-state index contributed by atoms with van der Waals surface area (Å²) < 4.78 is 5.21. The van der Waals surface area contributed by atoms with E-state index in [1.807, 2.05) is 0 Å². The Hall–Kier alpha value is -2.77. The fourth-order valence-electron chi connectivity index (χ4n) is 3.09. The van der Waals surface area contributed by atoms with Crippen LogP contribution in [0.25, 0.3) is 0 Å². The number of rotatable bonds is 3.